The summed E-state index contributed by atoms with van der Waals surface area (Å²) in [5, 5.41) is 14.5. The van der Waals surface area contributed by atoms with Gasteiger partial charge in [0.1, 0.15) is 11.6 Å². The standard InChI is InChI=1S/C22H21N3O3S/c1-3-27-20-10-16(12-23)6-9-19(20)28-13-18-14-29-22(25-18)11-21(26)24-17-7-4-15(2)5-8-17/h4-10,14H,3,11,13H2,1-2H3,(H,24,26). The minimum Gasteiger partial charge on any atom is -0.490 e. The molecule has 0 spiro atoms. The van der Waals surface area contributed by atoms with Crippen molar-refractivity contribution in [1.29, 1.82) is 5.26 Å². The Labute approximate surface area is 173 Å². The molecule has 0 aliphatic carbocycles. The number of carbonyl (C=O) groups excluding carboxylic acids is 1. The molecule has 7 heteroatoms. The van der Waals surface area contributed by atoms with Crippen LogP contribution in [0.3, 0.4) is 0 Å². The molecule has 0 bridgehead atoms. The van der Waals surface area contributed by atoms with Crippen LogP contribution in [0.25, 0.3) is 0 Å². The quantitative estimate of drug-likeness (QED) is 0.595. The van der Waals surface area contributed by atoms with E-state index < -0.39 is 0 Å². The Hall–Kier alpha value is -3.37. The number of carbonyl (C=O) groups is 1. The Bertz CT molecular complexity index is 1020. The Balaban J connectivity index is 1.57. The average Bonchev–Trinajstić information content (AvgIpc) is 3.16. The zero-order valence-electron chi connectivity index (χ0n) is 16.3. The molecule has 0 saturated carbocycles. The van der Waals surface area contributed by atoms with Crippen LogP contribution in [-0.4, -0.2) is 17.5 Å². The van der Waals surface area contributed by atoms with Gasteiger partial charge in [0.2, 0.25) is 5.91 Å². The highest BCUT2D eigenvalue weighted by molar-refractivity contribution is 7.09. The van der Waals surface area contributed by atoms with Gasteiger partial charge in [-0.2, -0.15) is 5.26 Å². The van der Waals surface area contributed by atoms with Gasteiger partial charge >= 0.3 is 0 Å². The van der Waals surface area contributed by atoms with E-state index >= 15 is 0 Å². The first-order chi connectivity index (χ1) is 14.1. The first kappa shape index (κ1) is 20.4. The van der Waals surface area contributed by atoms with E-state index in [-0.39, 0.29) is 18.9 Å². The number of anilines is 1. The second kappa shape index (κ2) is 9.71. The fraction of sp³-hybridized carbons (Fsp3) is 0.227. The molecule has 0 fully saturated rings. The van der Waals surface area contributed by atoms with Crippen molar-refractivity contribution >= 4 is 22.9 Å². The summed E-state index contributed by atoms with van der Waals surface area (Å²) in [6.07, 6.45) is 0.208. The lowest BCUT2D eigenvalue weighted by Gasteiger charge is -2.11. The molecule has 1 amide bonds. The van der Waals surface area contributed by atoms with E-state index in [0.29, 0.717) is 23.7 Å². The summed E-state index contributed by atoms with van der Waals surface area (Å²) in [6, 6.07) is 14.8. The number of hydrogen-bond acceptors (Lipinski definition) is 6. The van der Waals surface area contributed by atoms with Crippen molar-refractivity contribution in [1.82, 2.24) is 4.98 Å². The predicted molar refractivity (Wildman–Crippen MR) is 112 cm³/mol. The summed E-state index contributed by atoms with van der Waals surface area (Å²) in [5.41, 5.74) is 3.16. The van der Waals surface area contributed by atoms with Gasteiger partial charge in [0.15, 0.2) is 11.5 Å². The minimum atomic E-state index is -0.110. The number of nitrogens with one attached hydrogen (secondary N) is 1. The highest BCUT2D eigenvalue weighted by atomic mass is 32.1. The van der Waals surface area contributed by atoms with Crippen molar-refractivity contribution in [2.24, 2.45) is 0 Å². The molecule has 3 rings (SSSR count). The Morgan fingerprint density at radius 3 is 2.69 bits per heavy atom. The van der Waals surface area contributed by atoms with Crippen molar-refractivity contribution in [3.63, 3.8) is 0 Å². The molecule has 6 nitrogen and oxygen atoms in total. The third-order valence-corrected chi connectivity index (χ3v) is 4.89. The number of nitriles is 1. The van der Waals surface area contributed by atoms with E-state index in [2.05, 4.69) is 16.4 Å². The van der Waals surface area contributed by atoms with Gasteiger partial charge in [-0.3, -0.25) is 4.79 Å². The fourth-order valence-corrected chi connectivity index (χ4v) is 3.37. The highest BCUT2D eigenvalue weighted by Gasteiger charge is 2.11. The third kappa shape index (κ3) is 5.80. The molecule has 0 unspecified atom stereocenters. The van der Waals surface area contributed by atoms with E-state index in [1.165, 1.54) is 11.3 Å². The maximum atomic E-state index is 12.2. The molecule has 148 valence electrons. The maximum Gasteiger partial charge on any atom is 0.231 e. The second-order valence-electron chi connectivity index (χ2n) is 6.32. The molecular formula is C22H21N3O3S. The maximum absolute atomic E-state index is 12.2. The number of amides is 1. The van der Waals surface area contributed by atoms with Crippen molar-refractivity contribution < 1.29 is 14.3 Å². The van der Waals surface area contributed by atoms with E-state index in [0.717, 1.165) is 22.0 Å². The number of aryl methyl sites for hydroxylation is 1. The van der Waals surface area contributed by atoms with Crippen molar-refractivity contribution in [3.05, 3.63) is 69.7 Å². The van der Waals surface area contributed by atoms with Gasteiger partial charge < -0.3 is 14.8 Å². The van der Waals surface area contributed by atoms with Crippen LogP contribution >= 0.6 is 11.3 Å². The summed E-state index contributed by atoms with van der Waals surface area (Å²) in [6.45, 7) is 4.60. The number of rotatable bonds is 8. The lowest BCUT2D eigenvalue weighted by molar-refractivity contribution is -0.115. The number of thiazole rings is 1. The Kier molecular flexibility index (Phi) is 6.82. The summed E-state index contributed by atoms with van der Waals surface area (Å²) in [7, 11) is 0. The molecular weight excluding hydrogens is 386 g/mol. The summed E-state index contributed by atoms with van der Waals surface area (Å²) in [5.74, 6) is 0.971. The van der Waals surface area contributed by atoms with Crippen LogP contribution in [0.4, 0.5) is 5.69 Å². The van der Waals surface area contributed by atoms with Crippen LogP contribution in [0.5, 0.6) is 11.5 Å². The van der Waals surface area contributed by atoms with Gasteiger partial charge in [0, 0.05) is 17.1 Å². The normalized spacial score (nSPS) is 10.2. The Morgan fingerprint density at radius 1 is 1.17 bits per heavy atom. The van der Waals surface area contributed by atoms with Crippen LogP contribution in [0, 0.1) is 18.3 Å². The van der Waals surface area contributed by atoms with Gasteiger partial charge in [-0.05, 0) is 38.1 Å². The zero-order valence-corrected chi connectivity index (χ0v) is 17.1. The molecule has 0 radical (unpaired) electrons. The topological polar surface area (TPSA) is 84.2 Å². The SMILES string of the molecule is CCOc1cc(C#N)ccc1OCc1csc(CC(=O)Nc2ccc(C)cc2)n1. The van der Waals surface area contributed by atoms with Crippen LogP contribution in [-0.2, 0) is 17.8 Å². The van der Waals surface area contributed by atoms with Gasteiger partial charge in [-0.25, -0.2) is 4.98 Å². The molecule has 0 atom stereocenters. The molecule has 0 aliphatic heterocycles. The first-order valence-corrected chi connectivity index (χ1v) is 10.0. The van der Waals surface area contributed by atoms with E-state index in [1.807, 2.05) is 43.5 Å². The van der Waals surface area contributed by atoms with Crippen LogP contribution in [0.1, 0.15) is 28.8 Å². The van der Waals surface area contributed by atoms with E-state index in [9.17, 15) is 4.79 Å². The van der Waals surface area contributed by atoms with Gasteiger partial charge in [0.05, 0.1) is 30.4 Å². The van der Waals surface area contributed by atoms with Crippen LogP contribution < -0.4 is 14.8 Å². The van der Waals surface area contributed by atoms with Crippen LogP contribution in [0.2, 0.25) is 0 Å². The lowest BCUT2D eigenvalue weighted by atomic mass is 10.2. The van der Waals surface area contributed by atoms with Gasteiger partial charge in [0.25, 0.3) is 0 Å². The number of hydrogen-bond donors (Lipinski definition) is 1. The summed E-state index contributed by atoms with van der Waals surface area (Å²) >= 11 is 1.42. The Morgan fingerprint density at radius 2 is 1.97 bits per heavy atom. The van der Waals surface area contributed by atoms with Crippen molar-refractivity contribution in [3.8, 4) is 17.6 Å². The number of benzene rings is 2. The molecule has 1 aromatic heterocycles. The number of nitrogens with zero attached hydrogens (tertiary/aromatic N) is 2. The zero-order chi connectivity index (χ0) is 20.6. The van der Waals surface area contributed by atoms with Crippen LogP contribution in [0.15, 0.2) is 47.8 Å². The largest absolute Gasteiger partial charge is 0.490 e. The van der Waals surface area contributed by atoms with E-state index in [4.69, 9.17) is 14.7 Å². The lowest BCUT2D eigenvalue weighted by Crippen LogP contribution is -2.14. The average molecular weight is 407 g/mol. The third-order valence-electron chi connectivity index (χ3n) is 3.99. The summed E-state index contributed by atoms with van der Waals surface area (Å²) in [4.78, 5) is 16.7. The van der Waals surface area contributed by atoms with Gasteiger partial charge in [-0.1, -0.05) is 17.7 Å². The minimum absolute atomic E-state index is 0.110. The first-order valence-electron chi connectivity index (χ1n) is 9.17. The monoisotopic (exact) mass is 407 g/mol. The molecule has 0 saturated heterocycles. The molecule has 2 aromatic carbocycles. The number of ether oxygens (including phenoxy) is 2. The molecule has 1 N–H and O–H groups in total. The summed E-state index contributed by atoms with van der Waals surface area (Å²) < 4.78 is 11.4. The van der Waals surface area contributed by atoms with Crippen molar-refractivity contribution in [2.45, 2.75) is 26.9 Å². The molecule has 0 aliphatic rings. The predicted octanol–water partition coefficient (Wildman–Crippen LogP) is 4.48. The van der Waals surface area contributed by atoms with Gasteiger partial charge in [-0.15, -0.1) is 11.3 Å². The second-order valence-corrected chi connectivity index (χ2v) is 7.26. The molecule has 29 heavy (non-hydrogen) atoms. The molecule has 3 aromatic rings. The highest BCUT2D eigenvalue weighted by Crippen LogP contribution is 2.29. The van der Waals surface area contributed by atoms with Crippen molar-refractivity contribution in [2.75, 3.05) is 11.9 Å². The smallest absolute Gasteiger partial charge is 0.231 e. The molecule has 1 heterocycles. The number of aromatic nitrogens is 1. The fourth-order valence-electron chi connectivity index (χ4n) is 2.59. The van der Waals surface area contributed by atoms with E-state index in [1.54, 1.807) is 18.2 Å².